The van der Waals surface area contributed by atoms with Gasteiger partial charge in [0.2, 0.25) is 0 Å². The van der Waals surface area contributed by atoms with Crippen LogP contribution in [0.5, 0.6) is 11.5 Å². The molecule has 0 aliphatic heterocycles. The van der Waals surface area contributed by atoms with Gasteiger partial charge in [0.05, 0.1) is 17.2 Å². The second kappa shape index (κ2) is 7.38. The highest BCUT2D eigenvalue weighted by atomic mass is 35.5. The van der Waals surface area contributed by atoms with Crippen LogP contribution >= 0.6 is 23.2 Å². The molecule has 0 aromatic heterocycles. The van der Waals surface area contributed by atoms with E-state index in [1.807, 2.05) is 12.1 Å². The third kappa shape index (κ3) is 4.06. The van der Waals surface area contributed by atoms with Crippen LogP contribution in [0.1, 0.15) is 22.8 Å². The molecule has 0 aliphatic carbocycles. The van der Waals surface area contributed by atoms with Crippen LogP contribution in [0.2, 0.25) is 10.0 Å². The first-order chi connectivity index (χ1) is 10.5. The second-order valence-corrected chi connectivity index (χ2v) is 5.28. The Hall–Kier alpha value is -1.91. The molecule has 6 heteroatoms. The summed E-state index contributed by atoms with van der Waals surface area (Å²) in [6.07, 6.45) is 0. The topological polar surface area (TPSA) is 55.8 Å². The van der Waals surface area contributed by atoms with E-state index in [1.165, 1.54) is 12.1 Å². The Kier molecular flexibility index (Phi) is 5.52. The predicted molar refractivity (Wildman–Crippen MR) is 85.4 cm³/mol. The van der Waals surface area contributed by atoms with Crippen LogP contribution < -0.4 is 9.47 Å². The van der Waals surface area contributed by atoms with E-state index in [9.17, 15) is 4.79 Å². The first kappa shape index (κ1) is 16.5. The van der Waals surface area contributed by atoms with Gasteiger partial charge in [-0.2, -0.15) is 0 Å². The van der Waals surface area contributed by atoms with E-state index in [0.29, 0.717) is 23.1 Å². The van der Waals surface area contributed by atoms with Crippen LogP contribution in [0, 0.1) is 0 Å². The Labute approximate surface area is 138 Å². The van der Waals surface area contributed by atoms with Crippen molar-refractivity contribution in [3.8, 4) is 11.5 Å². The number of halogens is 2. The molecule has 2 rings (SSSR count). The minimum atomic E-state index is -1.08. The van der Waals surface area contributed by atoms with E-state index in [-0.39, 0.29) is 17.2 Å². The molecule has 116 valence electrons. The predicted octanol–water partition coefficient (Wildman–Crippen LogP) is 4.67. The molecule has 0 heterocycles. The highest BCUT2D eigenvalue weighted by molar-refractivity contribution is 6.32. The Morgan fingerprint density at radius 3 is 2.41 bits per heavy atom. The number of hydrogen-bond acceptors (Lipinski definition) is 3. The van der Waals surface area contributed by atoms with Gasteiger partial charge in [-0.15, -0.1) is 0 Å². The van der Waals surface area contributed by atoms with Gasteiger partial charge in [-0.05, 0) is 36.8 Å². The van der Waals surface area contributed by atoms with Crippen molar-refractivity contribution >= 4 is 29.2 Å². The number of hydrogen-bond donors (Lipinski definition) is 1. The van der Waals surface area contributed by atoms with Gasteiger partial charge in [0, 0.05) is 5.02 Å². The highest BCUT2D eigenvalue weighted by Gasteiger charge is 2.16. The van der Waals surface area contributed by atoms with Gasteiger partial charge in [0.1, 0.15) is 6.61 Å². The summed E-state index contributed by atoms with van der Waals surface area (Å²) in [6, 6.07) is 9.93. The second-order valence-electron chi connectivity index (χ2n) is 4.44. The van der Waals surface area contributed by atoms with Crippen LogP contribution in [0.3, 0.4) is 0 Å². The van der Waals surface area contributed by atoms with E-state index in [0.717, 1.165) is 5.56 Å². The van der Waals surface area contributed by atoms with Crippen molar-refractivity contribution in [2.75, 3.05) is 6.61 Å². The van der Waals surface area contributed by atoms with E-state index in [1.54, 1.807) is 19.1 Å². The lowest BCUT2D eigenvalue weighted by atomic mass is 10.2. The summed E-state index contributed by atoms with van der Waals surface area (Å²) in [6.45, 7) is 2.43. The van der Waals surface area contributed by atoms with Crippen LogP contribution in [-0.4, -0.2) is 17.7 Å². The van der Waals surface area contributed by atoms with Gasteiger partial charge in [-0.25, -0.2) is 4.79 Å². The first-order valence-electron chi connectivity index (χ1n) is 6.58. The first-order valence-corrected chi connectivity index (χ1v) is 7.33. The molecule has 22 heavy (non-hydrogen) atoms. The summed E-state index contributed by atoms with van der Waals surface area (Å²) >= 11 is 11.9. The molecule has 4 nitrogen and oxygen atoms in total. The number of ether oxygens (including phenoxy) is 2. The van der Waals surface area contributed by atoms with Crippen LogP contribution in [0.15, 0.2) is 36.4 Å². The molecule has 0 radical (unpaired) electrons. The van der Waals surface area contributed by atoms with E-state index in [2.05, 4.69) is 0 Å². The van der Waals surface area contributed by atoms with E-state index in [4.69, 9.17) is 37.8 Å². The third-order valence-electron chi connectivity index (χ3n) is 2.85. The average Bonchev–Trinajstić information content (AvgIpc) is 2.48. The van der Waals surface area contributed by atoms with E-state index >= 15 is 0 Å². The molecule has 2 aromatic rings. The van der Waals surface area contributed by atoms with Crippen molar-refractivity contribution in [2.45, 2.75) is 13.5 Å². The minimum Gasteiger partial charge on any atom is -0.490 e. The highest BCUT2D eigenvalue weighted by Crippen LogP contribution is 2.37. The van der Waals surface area contributed by atoms with Crippen molar-refractivity contribution < 1.29 is 19.4 Å². The maximum Gasteiger partial charge on any atom is 0.335 e. The SMILES string of the molecule is CCOc1cc(C(=O)O)cc(Cl)c1OCc1ccc(Cl)cc1. The summed E-state index contributed by atoms with van der Waals surface area (Å²) in [7, 11) is 0. The van der Waals surface area contributed by atoms with Gasteiger partial charge >= 0.3 is 5.97 Å². The van der Waals surface area contributed by atoms with E-state index < -0.39 is 5.97 Å². The zero-order valence-corrected chi connectivity index (χ0v) is 13.3. The molecule has 0 bridgehead atoms. The van der Waals surface area contributed by atoms with Crippen molar-refractivity contribution in [3.63, 3.8) is 0 Å². The fraction of sp³-hybridized carbons (Fsp3) is 0.188. The number of carboxylic acid groups (broad SMARTS) is 1. The summed E-state index contributed by atoms with van der Waals surface area (Å²) in [5.74, 6) is -0.447. The Bertz CT molecular complexity index is 669. The number of carbonyl (C=O) groups is 1. The Morgan fingerprint density at radius 1 is 1.14 bits per heavy atom. The van der Waals surface area contributed by atoms with Crippen molar-refractivity contribution in [3.05, 3.63) is 57.6 Å². The molecular weight excluding hydrogens is 327 g/mol. The molecule has 0 aliphatic rings. The zero-order valence-electron chi connectivity index (χ0n) is 11.8. The number of aromatic carboxylic acids is 1. The molecule has 0 fully saturated rings. The Balaban J connectivity index is 2.25. The number of rotatable bonds is 6. The van der Waals surface area contributed by atoms with Crippen LogP contribution in [0.4, 0.5) is 0 Å². The normalized spacial score (nSPS) is 10.3. The number of benzene rings is 2. The molecule has 0 saturated carbocycles. The molecule has 0 unspecified atom stereocenters. The zero-order chi connectivity index (χ0) is 16.1. The lowest BCUT2D eigenvalue weighted by Crippen LogP contribution is -2.03. The molecule has 0 saturated heterocycles. The molecule has 0 amide bonds. The average molecular weight is 341 g/mol. The minimum absolute atomic E-state index is 0.0484. The van der Waals surface area contributed by atoms with Crippen molar-refractivity contribution in [1.29, 1.82) is 0 Å². The van der Waals surface area contributed by atoms with Gasteiger partial charge in [0.15, 0.2) is 11.5 Å². The fourth-order valence-electron chi connectivity index (χ4n) is 1.83. The summed E-state index contributed by atoms with van der Waals surface area (Å²) in [5.41, 5.74) is 0.956. The van der Waals surface area contributed by atoms with Crippen LogP contribution in [0.25, 0.3) is 0 Å². The molecule has 2 aromatic carbocycles. The largest absolute Gasteiger partial charge is 0.490 e. The molecule has 1 N–H and O–H groups in total. The van der Waals surface area contributed by atoms with Crippen molar-refractivity contribution in [2.24, 2.45) is 0 Å². The summed E-state index contributed by atoms with van der Waals surface area (Å²) in [4.78, 5) is 11.1. The quantitative estimate of drug-likeness (QED) is 0.830. The summed E-state index contributed by atoms with van der Waals surface area (Å²) in [5, 5.41) is 9.89. The van der Waals surface area contributed by atoms with Crippen molar-refractivity contribution in [1.82, 2.24) is 0 Å². The van der Waals surface area contributed by atoms with Gasteiger partial charge in [-0.3, -0.25) is 0 Å². The lowest BCUT2D eigenvalue weighted by Gasteiger charge is -2.14. The lowest BCUT2D eigenvalue weighted by molar-refractivity contribution is 0.0696. The van der Waals surface area contributed by atoms with Gasteiger partial charge in [-0.1, -0.05) is 35.3 Å². The Morgan fingerprint density at radius 2 is 1.82 bits per heavy atom. The van der Waals surface area contributed by atoms with Gasteiger partial charge in [0.25, 0.3) is 0 Å². The van der Waals surface area contributed by atoms with Gasteiger partial charge < -0.3 is 14.6 Å². The molecule has 0 atom stereocenters. The molecular formula is C16H14Cl2O4. The smallest absolute Gasteiger partial charge is 0.335 e. The third-order valence-corrected chi connectivity index (χ3v) is 3.39. The fourth-order valence-corrected chi connectivity index (χ4v) is 2.22. The number of carboxylic acids is 1. The molecule has 0 spiro atoms. The van der Waals surface area contributed by atoms with Crippen LogP contribution in [-0.2, 0) is 6.61 Å². The summed E-state index contributed by atoms with van der Waals surface area (Å²) < 4.78 is 11.1. The maximum atomic E-state index is 11.1. The maximum absolute atomic E-state index is 11.1. The standard InChI is InChI=1S/C16H14Cl2O4/c1-2-21-14-8-11(16(19)20)7-13(18)15(14)22-9-10-3-5-12(17)6-4-10/h3-8H,2,9H2,1H3,(H,19,20). The monoisotopic (exact) mass is 340 g/mol.